The zero-order valence-corrected chi connectivity index (χ0v) is 18.8. The Morgan fingerprint density at radius 2 is 1.61 bits per heavy atom. The summed E-state index contributed by atoms with van der Waals surface area (Å²) in [6.07, 6.45) is 3.84. The molecule has 2 heterocycles. The minimum Gasteiger partial charge on any atom is -0.445 e. The Balaban J connectivity index is 1.87. The fourth-order valence-corrected chi connectivity index (χ4v) is 3.30. The first-order chi connectivity index (χ1) is 14.7. The number of ether oxygens (including phenoxy) is 2. The second-order valence-corrected chi connectivity index (χ2v) is 8.73. The smallest absolute Gasteiger partial charge is 0.445 e. The number of rotatable bonds is 5. The summed E-state index contributed by atoms with van der Waals surface area (Å²) in [6, 6.07) is 0. The molecule has 2 aliphatic rings. The number of hydrogen-bond donors (Lipinski definition) is 0. The van der Waals surface area contributed by atoms with Crippen molar-refractivity contribution in [2.45, 2.75) is 58.5 Å². The first-order valence-corrected chi connectivity index (χ1v) is 10.8. The molecule has 2 fully saturated rings. The Hall–Kier alpha value is -2.49. The lowest BCUT2D eigenvalue weighted by Gasteiger charge is -2.32. The van der Waals surface area contributed by atoms with Crippen LogP contribution in [-0.4, -0.2) is 78.3 Å². The van der Waals surface area contributed by atoms with Gasteiger partial charge in [-0.1, -0.05) is 12.7 Å². The van der Waals surface area contributed by atoms with E-state index in [2.05, 4.69) is 6.58 Å². The van der Waals surface area contributed by atoms with E-state index in [-0.39, 0.29) is 25.2 Å². The zero-order valence-electron chi connectivity index (χ0n) is 18.8. The number of nitrogens with zero attached hydrogens (tertiary/aromatic N) is 3. The normalized spacial score (nSPS) is 17.6. The van der Waals surface area contributed by atoms with Gasteiger partial charge in [0.2, 0.25) is 0 Å². The van der Waals surface area contributed by atoms with Crippen molar-refractivity contribution in [3.05, 3.63) is 12.7 Å². The molecule has 0 unspecified atom stereocenters. The SMILES string of the molecule is C=CCOC(=O)N1CCC(CON(OC(=O)N2CCCCC2)C(=O)OC(C)(C)C)CC1. The molecule has 0 atom stereocenters. The number of carbonyl (C=O) groups excluding carboxylic acids is 3. The van der Waals surface area contributed by atoms with Crippen molar-refractivity contribution in [3.63, 3.8) is 0 Å². The van der Waals surface area contributed by atoms with E-state index < -0.39 is 17.8 Å². The monoisotopic (exact) mass is 441 g/mol. The van der Waals surface area contributed by atoms with Crippen LogP contribution in [0.15, 0.2) is 12.7 Å². The van der Waals surface area contributed by atoms with E-state index in [9.17, 15) is 14.4 Å². The molecule has 0 aromatic rings. The predicted octanol–water partition coefficient (Wildman–Crippen LogP) is 3.73. The second kappa shape index (κ2) is 11.8. The average Bonchev–Trinajstić information content (AvgIpc) is 2.74. The predicted molar refractivity (Wildman–Crippen MR) is 112 cm³/mol. The Bertz CT molecular complexity index is 621. The van der Waals surface area contributed by atoms with Gasteiger partial charge in [0.25, 0.3) is 0 Å². The van der Waals surface area contributed by atoms with Gasteiger partial charge in [0.1, 0.15) is 12.2 Å². The van der Waals surface area contributed by atoms with E-state index >= 15 is 0 Å². The van der Waals surface area contributed by atoms with Crippen molar-refractivity contribution in [2.24, 2.45) is 5.92 Å². The Morgan fingerprint density at radius 3 is 2.19 bits per heavy atom. The molecule has 0 saturated carbocycles. The number of hydrogen-bond acceptors (Lipinski definition) is 7. The fourth-order valence-electron chi connectivity index (χ4n) is 3.30. The van der Waals surface area contributed by atoms with Crippen LogP contribution in [0, 0.1) is 5.92 Å². The van der Waals surface area contributed by atoms with Crippen molar-refractivity contribution in [2.75, 3.05) is 39.4 Å². The van der Waals surface area contributed by atoms with Crippen LogP contribution in [0.3, 0.4) is 0 Å². The minimum absolute atomic E-state index is 0.0853. The molecule has 10 nitrogen and oxygen atoms in total. The molecule has 31 heavy (non-hydrogen) atoms. The molecule has 0 spiro atoms. The van der Waals surface area contributed by atoms with Crippen LogP contribution in [0.5, 0.6) is 0 Å². The van der Waals surface area contributed by atoms with Gasteiger partial charge >= 0.3 is 18.3 Å². The van der Waals surface area contributed by atoms with Gasteiger partial charge in [0.05, 0.1) is 6.61 Å². The summed E-state index contributed by atoms with van der Waals surface area (Å²) in [5, 5.41) is 0.549. The molecule has 3 amide bonds. The van der Waals surface area contributed by atoms with Gasteiger partial charge in [-0.3, -0.25) is 4.84 Å². The third-order valence-corrected chi connectivity index (χ3v) is 4.94. The number of carbonyl (C=O) groups is 3. The van der Waals surface area contributed by atoms with Crippen LogP contribution >= 0.6 is 0 Å². The van der Waals surface area contributed by atoms with Gasteiger partial charge in [0.15, 0.2) is 0 Å². The van der Waals surface area contributed by atoms with Crippen LogP contribution in [0.1, 0.15) is 52.9 Å². The van der Waals surface area contributed by atoms with E-state index in [0.29, 0.717) is 44.2 Å². The van der Waals surface area contributed by atoms with Gasteiger partial charge in [-0.25, -0.2) is 19.2 Å². The minimum atomic E-state index is -0.886. The standard InChI is InChI=1S/C21H35N3O7/c1-5-15-28-18(25)23-13-9-17(10-14-23)16-29-24(20(27)30-21(2,3)4)31-19(26)22-11-7-6-8-12-22/h5,17H,1,6-16H2,2-4H3. The van der Waals surface area contributed by atoms with Gasteiger partial charge in [0, 0.05) is 31.4 Å². The largest absolute Gasteiger partial charge is 0.470 e. The lowest BCUT2D eigenvalue weighted by Crippen LogP contribution is -2.45. The van der Waals surface area contributed by atoms with E-state index in [0.717, 1.165) is 19.3 Å². The molecule has 0 aromatic heterocycles. The number of hydroxylamine groups is 2. The molecule has 2 aliphatic heterocycles. The molecule has 0 aromatic carbocycles. The van der Waals surface area contributed by atoms with Crippen molar-refractivity contribution >= 4 is 18.3 Å². The van der Waals surface area contributed by atoms with Crippen molar-refractivity contribution in [1.29, 1.82) is 0 Å². The van der Waals surface area contributed by atoms with Crippen LogP contribution in [0.2, 0.25) is 0 Å². The first-order valence-electron chi connectivity index (χ1n) is 10.8. The lowest BCUT2D eigenvalue weighted by molar-refractivity contribution is -0.314. The summed E-state index contributed by atoms with van der Waals surface area (Å²) in [5.41, 5.74) is -0.770. The zero-order chi connectivity index (χ0) is 22.9. The van der Waals surface area contributed by atoms with Gasteiger partial charge in [-0.15, -0.1) is 0 Å². The third-order valence-electron chi connectivity index (χ3n) is 4.94. The van der Waals surface area contributed by atoms with Crippen LogP contribution in [-0.2, 0) is 19.1 Å². The Kier molecular flexibility index (Phi) is 9.42. The maximum atomic E-state index is 12.5. The molecule has 10 heteroatoms. The molecule has 2 saturated heterocycles. The number of amides is 3. The molecule has 176 valence electrons. The molecule has 2 rings (SSSR count). The van der Waals surface area contributed by atoms with E-state index in [4.69, 9.17) is 19.1 Å². The highest BCUT2D eigenvalue weighted by molar-refractivity contribution is 5.71. The quantitative estimate of drug-likeness (QED) is 0.474. The topological polar surface area (TPSA) is 97.9 Å². The van der Waals surface area contributed by atoms with Crippen LogP contribution < -0.4 is 0 Å². The Morgan fingerprint density at radius 1 is 1.00 bits per heavy atom. The Labute approximate surface area is 183 Å². The summed E-state index contributed by atoms with van der Waals surface area (Å²) in [5.74, 6) is 0.0853. The van der Waals surface area contributed by atoms with E-state index in [1.165, 1.54) is 6.08 Å². The summed E-state index contributed by atoms with van der Waals surface area (Å²) >= 11 is 0. The maximum absolute atomic E-state index is 12.5. The highest BCUT2D eigenvalue weighted by Gasteiger charge is 2.31. The van der Waals surface area contributed by atoms with Gasteiger partial charge in [-0.05, 0) is 58.8 Å². The highest BCUT2D eigenvalue weighted by Crippen LogP contribution is 2.20. The number of piperidine rings is 2. The average molecular weight is 442 g/mol. The molecule has 0 radical (unpaired) electrons. The van der Waals surface area contributed by atoms with Crippen LogP contribution in [0.25, 0.3) is 0 Å². The molecular weight excluding hydrogens is 406 g/mol. The third kappa shape index (κ3) is 8.64. The van der Waals surface area contributed by atoms with Gasteiger partial charge < -0.3 is 19.3 Å². The molecule has 0 bridgehead atoms. The van der Waals surface area contributed by atoms with E-state index in [1.807, 2.05) is 0 Å². The summed E-state index contributed by atoms with van der Waals surface area (Å²) in [6.45, 7) is 11.2. The fraction of sp³-hybridized carbons (Fsp3) is 0.762. The molecule has 0 aliphatic carbocycles. The second-order valence-electron chi connectivity index (χ2n) is 8.73. The lowest BCUT2D eigenvalue weighted by atomic mass is 9.98. The molecular formula is C21H35N3O7. The summed E-state index contributed by atoms with van der Waals surface area (Å²) < 4.78 is 10.4. The van der Waals surface area contributed by atoms with Crippen molar-refractivity contribution < 1.29 is 33.5 Å². The first kappa shape index (κ1) is 24.8. The maximum Gasteiger partial charge on any atom is 0.470 e. The van der Waals surface area contributed by atoms with Gasteiger partial charge in [-0.2, -0.15) is 0 Å². The number of likely N-dealkylation sites (tertiary alicyclic amines) is 2. The van der Waals surface area contributed by atoms with Crippen molar-refractivity contribution in [1.82, 2.24) is 15.0 Å². The van der Waals surface area contributed by atoms with Crippen molar-refractivity contribution in [3.8, 4) is 0 Å². The summed E-state index contributed by atoms with van der Waals surface area (Å²) in [7, 11) is 0. The van der Waals surface area contributed by atoms with Crippen LogP contribution in [0.4, 0.5) is 14.4 Å². The highest BCUT2D eigenvalue weighted by atomic mass is 17.0. The van der Waals surface area contributed by atoms with E-state index in [1.54, 1.807) is 30.6 Å². The summed E-state index contributed by atoms with van der Waals surface area (Å²) in [4.78, 5) is 50.8. The molecule has 0 N–H and O–H groups in total.